The van der Waals surface area contributed by atoms with Crippen molar-refractivity contribution in [1.82, 2.24) is 5.32 Å². The van der Waals surface area contributed by atoms with Crippen LogP contribution in [0.3, 0.4) is 0 Å². The zero-order valence-corrected chi connectivity index (χ0v) is 11.9. The molecule has 98 valence electrons. The van der Waals surface area contributed by atoms with Crippen molar-refractivity contribution in [3.8, 4) is 0 Å². The van der Waals surface area contributed by atoms with Crippen LogP contribution < -0.4 is 5.32 Å². The molecule has 2 unspecified atom stereocenters. The van der Waals surface area contributed by atoms with E-state index in [1.165, 1.54) is 32.1 Å². The molecule has 1 aromatic carbocycles. The first-order chi connectivity index (χ1) is 8.65. The molecule has 0 spiro atoms. The number of hydrogen-bond acceptors (Lipinski definition) is 1. The molecule has 0 saturated heterocycles. The fraction of sp³-hybridized carbons (Fsp3) is 0.647. The van der Waals surface area contributed by atoms with Gasteiger partial charge >= 0.3 is 0 Å². The van der Waals surface area contributed by atoms with Crippen molar-refractivity contribution in [1.29, 1.82) is 0 Å². The molecule has 1 N–H and O–H groups in total. The molecule has 1 heterocycles. The lowest BCUT2D eigenvalue weighted by molar-refractivity contribution is 0.345. The molecule has 2 atom stereocenters. The fourth-order valence-electron chi connectivity index (χ4n) is 3.66. The van der Waals surface area contributed by atoms with Gasteiger partial charge in [-0.15, -0.1) is 0 Å². The molecule has 1 aromatic rings. The summed E-state index contributed by atoms with van der Waals surface area (Å²) in [6.45, 7) is 6.98. The topological polar surface area (TPSA) is 12.0 Å². The van der Waals surface area contributed by atoms with Gasteiger partial charge in [-0.25, -0.2) is 0 Å². The number of benzene rings is 1. The van der Waals surface area contributed by atoms with Gasteiger partial charge in [-0.1, -0.05) is 26.0 Å². The number of nitrogens with one attached hydrogen (secondary N) is 1. The summed E-state index contributed by atoms with van der Waals surface area (Å²) in [6, 6.07) is 6.21. The van der Waals surface area contributed by atoms with E-state index in [0.29, 0.717) is 18.0 Å². The number of hydrogen-bond donors (Lipinski definition) is 1. The molecule has 0 aromatic heterocycles. The van der Waals surface area contributed by atoms with Crippen molar-refractivity contribution in [2.24, 2.45) is 5.92 Å². The summed E-state index contributed by atoms with van der Waals surface area (Å²) in [4.78, 5) is 0. The summed E-state index contributed by atoms with van der Waals surface area (Å²) < 4.78 is 0. The van der Waals surface area contributed by atoms with E-state index in [4.69, 9.17) is 0 Å². The highest BCUT2D eigenvalue weighted by Crippen LogP contribution is 2.34. The van der Waals surface area contributed by atoms with Crippen molar-refractivity contribution in [2.45, 2.75) is 65.0 Å². The minimum absolute atomic E-state index is 0.552. The largest absolute Gasteiger partial charge is 0.307 e. The third kappa shape index (κ3) is 2.09. The lowest BCUT2D eigenvalue weighted by Gasteiger charge is -2.35. The van der Waals surface area contributed by atoms with E-state index in [-0.39, 0.29) is 0 Å². The van der Waals surface area contributed by atoms with Crippen LogP contribution in [0, 0.1) is 5.92 Å². The SMILES string of the molecule is CC1Cc2cc3c(cc2C(C(C)C)N1)CCCC3. The molecule has 1 aliphatic carbocycles. The predicted molar refractivity (Wildman–Crippen MR) is 77.0 cm³/mol. The quantitative estimate of drug-likeness (QED) is 0.791. The van der Waals surface area contributed by atoms with Crippen LogP contribution >= 0.6 is 0 Å². The molecule has 0 bridgehead atoms. The summed E-state index contributed by atoms with van der Waals surface area (Å²) in [5.74, 6) is 0.674. The van der Waals surface area contributed by atoms with Crippen LogP contribution in [-0.2, 0) is 19.3 Å². The van der Waals surface area contributed by atoms with Crippen LogP contribution in [-0.4, -0.2) is 6.04 Å². The molecule has 1 heteroatoms. The van der Waals surface area contributed by atoms with Gasteiger partial charge in [0.2, 0.25) is 0 Å². The number of aryl methyl sites for hydroxylation is 2. The van der Waals surface area contributed by atoms with Gasteiger partial charge in [0.25, 0.3) is 0 Å². The summed E-state index contributed by atoms with van der Waals surface area (Å²) >= 11 is 0. The van der Waals surface area contributed by atoms with Crippen molar-refractivity contribution in [3.63, 3.8) is 0 Å². The Kier molecular flexibility index (Phi) is 3.19. The zero-order valence-electron chi connectivity index (χ0n) is 11.9. The Morgan fingerprint density at radius 2 is 1.72 bits per heavy atom. The van der Waals surface area contributed by atoms with Gasteiger partial charge in [-0.05, 0) is 67.2 Å². The van der Waals surface area contributed by atoms with E-state index in [9.17, 15) is 0 Å². The van der Waals surface area contributed by atoms with Gasteiger partial charge in [-0.3, -0.25) is 0 Å². The summed E-state index contributed by atoms with van der Waals surface area (Å²) in [6.07, 6.45) is 6.56. The Bertz CT molecular complexity index is 447. The lowest BCUT2D eigenvalue weighted by atomic mass is 9.80. The smallest absolute Gasteiger partial charge is 0.0348 e. The first-order valence-electron chi connectivity index (χ1n) is 7.56. The lowest BCUT2D eigenvalue weighted by Crippen LogP contribution is -2.40. The number of rotatable bonds is 1. The molecule has 0 amide bonds. The Morgan fingerprint density at radius 3 is 2.39 bits per heavy atom. The Morgan fingerprint density at radius 1 is 1.06 bits per heavy atom. The van der Waals surface area contributed by atoms with Crippen LogP contribution in [0.15, 0.2) is 12.1 Å². The maximum Gasteiger partial charge on any atom is 0.0348 e. The van der Waals surface area contributed by atoms with Gasteiger partial charge < -0.3 is 5.32 Å². The highest BCUT2D eigenvalue weighted by molar-refractivity contribution is 5.43. The third-order valence-corrected chi connectivity index (χ3v) is 4.60. The molecular formula is C17H25N. The molecular weight excluding hydrogens is 218 g/mol. The average molecular weight is 243 g/mol. The monoisotopic (exact) mass is 243 g/mol. The fourth-order valence-corrected chi connectivity index (χ4v) is 3.66. The van der Waals surface area contributed by atoms with E-state index in [1.807, 2.05) is 0 Å². The molecule has 1 aliphatic heterocycles. The van der Waals surface area contributed by atoms with E-state index in [2.05, 4.69) is 38.2 Å². The Balaban J connectivity index is 2.05. The maximum absolute atomic E-state index is 3.78. The van der Waals surface area contributed by atoms with Crippen LogP contribution in [0.2, 0.25) is 0 Å². The summed E-state index contributed by atoms with van der Waals surface area (Å²) in [7, 11) is 0. The third-order valence-electron chi connectivity index (χ3n) is 4.60. The van der Waals surface area contributed by atoms with Gasteiger partial charge in [0.05, 0.1) is 0 Å². The molecule has 0 radical (unpaired) electrons. The Hall–Kier alpha value is -0.820. The Labute approximate surface area is 111 Å². The van der Waals surface area contributed by atoms with Crippen LogP contribution in [0.4, 0.5) is 0 Å². The second-order valence-electron chi connectivity index (χ2n) is 6.52. The first kappa shape index (κ1) is 12.2. The van der Waals surface area contributed by atoms with Crippen molar-refractivity contribution in [3.05, 3.63) is 34.4 Å². The predicted octanol–water partition coefficient (Wildman–Crippen LogP) is 3.80. The maximum atomic E-state index is 3.78. The second-order valence-corrected chi connectivity index (χ2v) is 6.52. The van der Waals surface area contributed by atoms with Crippen LogP contribution in [0.1, 0.15) is 61.9 Å². The van der Waals surface area contributed by atoms with E-state index < -0.39 is 0 Å². The van der Waals surface area contributed by atoms with Gasteiger partial charge in [-0.2, -0.15) is 0 Å². The molecule has 1 nitrogen and oxygen atoms in total. The summed E-state index contributed by atoms with van der Waals surface area (Å²) in [5.41, 5.74) is 6.46. The van der Waals surface area contributed by atoms with E-state index in [1.54, 1.807) is 22.3 Å². The van der Waals surface area contributed by atoms with Gasteiger partial charge in [0, 0.05) is 12.1 Å². The minimum atomic E-state index is 0.552. The molecule has 0 fully saturated rings. The first-order valence-corrected chi connectivity index (χ1v) is 7.56. The van der Waals surface area contributed by atoms with E-state index >= 15 is 0 Å². The van der Waals surface area contributed by atoms with Crippen LogP contribution in [0.25, 0.3) is 0 Å². The molecule has 18 heavy (non-hydrogen) atoms. The normalized spacial score (nSPS) is 26.9. The highest BCUT2D eigenvalue weighted by atomic mass is 15.0. The van der Waals surface area contributed by atoms with Gasteiger partial charge in [0.1, 0.15) is 0 Å². The van der Waals surface area contributed by atoms with Crippen molar-refractivity contribution >= 4 is 0 Å². The zero-order chi connectivity index (χ0) is 12.7. The number of fused-ring (bicyclic) bond motifs is 2. The second kappa shape index (κ2) is 4.70. The van der Waals surface area contributed by atoms with Crippen molar-refractivity contribution in [2.75, 3.05) is 0 Å². The molecule has 0 saturated carbocycles. The van der Waals surface area contributed by atoms with Crippen LogP contribution in [0.5, 0.6) is 0 Å². The summed E-state index contributed by atoms with van der Waals surface area (Å²) in [5, 5.41) is 3.78. The molecule has 3 rings (SSSR count). The highest BCUT2D eigenvalue weighted by Gasteiger charge is 2.27. The standard InChI is InChI=1S/C17H25N/c1-11(2)17-16-10-14-7-5-4-6-13(14)9-15(16)8-12(3)18-17/h9-12,17-18H,4-8H2,1-3H3. The van der Waals surface area contributed by atoms with Gasteiger partial charge in [0.15, 0.2) is 0 Å². The van der Waals surface area contributed by atoms with Crippen molar-refractivity contribution < 1.29 is 0 Å². The average Bonchev–Trinajstić information content (AvgIpc) is 2.35. The molecule has 2 aliphatic rings. The minimum Gasteiger partial charge on any atom is -0.307 e. The van der Waals surface area contributed by atoms with E-state index in [0.717, 1.165) is 0 Å².